The maximum Gasteiger partial charge on any atom is 0.253 e. The first-order valence-corrected chi connectivity index (χ1v) is 8.38. The zero-order chi connectivity index (χ0) is 16.4. The van der Waals surface area contributed by atoms with Crippen LogP contribution in [0.1, 0.15) is 37.9 Å². The molecule has 1 unspecified atom stereocenters. The molecule has 0 saturated carbocycles. The Kier molecular flexibility index (Phi) is 4.24. The number of benzene rings is 1. The molecule has 2 aromatic rings. The molecule has 2 heterocycles. The third-order valence-electron chi connectivity index (χ3n) is 5.05. The molecule has 122 valence electrons. The van der Waals surface area contributed by atoms with E-state index < -0.39 is 5.54 Å². The quantitative estimate of drug-likeness (QED) is 0.873. The fourth-order valence-corrected chi connectivity index (χ4v) is 3.33. The first kappa shape index (κ1) is 15.8. The van der Waals surface area contributed by atoms with Gasteiger partial charge < -0.3 is 9.47 Å². The summed E-state index contributed by atoms with van der Waals surface area (Å²) in [5, 5.41) is 0. The lowest BCUT2D eigenvalue weighted by Gasteiger charge is -2.39. The second-order valence-electron chi connectivity index (χ2n) is 6.84. The van der Waals surface area contributed by atoms with E-state index in [4.69, 9.17) is 0 Å². The van der Waals surface area contributed by atoms with E-state index in [2.05, 4.69) is 11.9 Å². The molecule has 4 nitrogen and oxygen atoms in total. The number of carbonyl (C=O) groups is 1. The van der Waals surface area contributed by atoms with E-state index in [0.29, 0.717) is 5.92 Å². The van der Waals surface area contributed by atoms with Gasteiger partial charge in [0.05, 0.1) is 12.0 Å². The molecule has 1 fully saturated rings. The van der Waals surface area contributed by atoms with E-state index in [1.165, 1.54) is 0 Å². The van der Waals surface area contributed by atoms with Crippen LogP contribution in [0.25, 0.3) is 0 Å². The molecule has 4 heteroatoms. The summed E-state index contributed by atoms with van der Waals surface area (Å²) < 4.78 is 1.96. The van der Waals surface area contributed by atoms with Crippen LogP contribution in [0.15, 0.2) is 42.9 Å². The zero-order valence-corrected chi connectivity index (χ0v) is 14.2. The molecular weight excluding hydrogens is 286 g/mol. The van der Waals surface area contributed by atoms with Crippen molar-refractivity contribution in [3.05, 3.63) is 54.1 Å². The van der Waals surface area contributed by atoms with Gasteiger partial charge in [-0.05, 0) is 38.2 Å². The maximum atomic E-state index is 13.4. The highest BCUT2D eigenvalue weighted by molar-refractivity contribution is 5.88. The van der Waals surface area contributed by atoms with Gasteiger partial charge in [0, 0.05) is 19.3 Å². The number of rotatable bonds is 3. The Balaban J connectivity index is 2.00. The Morgan fingerprint density at radius 3 is 2.43 bits per heavy atom. The number of piperidine rings is 1. The number of aryl methyl sites for hydroxylation is 1. The molecule has 1 atom stereocenters. The predicted molar refractivity (Wildman–Crippen MR) is 91.1 cm³/mol. The predicted octanol–water partition coefficient (Wildman–Crippen LogP) is 3.21. The highest BCUT2D eigenvalue weighted by Gasteiger charge is 2.40. The minimum atomic E-state index is -0.747. The van der Waals surface area contributed by atoms with Crippen molar-refractivity contribution in [2.45, 2.75) is 39.2 Å². The van der Waals surface area contributed by atoms with E-state index in [9.17, 15) is 4.79 Å². The molecule has 1 aliphatic rings. The second kappa shape index (κ2) is 6.19. The fraction of sp³-hybridized carbons (Fsp3) is 0.474. The summed E-state index contributed by atoms with van der Waals surface area (Å²) >= 11 is 0. The molecule has 0 aliphatic carbocycles. The minimum Gasteiger partial charge on any atom is -0.340 e. The van der Waals surface area contributed by atoms with Crippen LogP contribution in [0.4, 0.5) is 0 Å². The molecule has 3 rings (SSSR count). The lowest BCUT2D eigenvalue weighted by atomic mass is 9.88. The number of amides is 1. The lowest BCUT2D eigenvalue weighted by Crippen LogP contribution is -2.51. The van der Waals surface area contributed by atoms with Gasteiger partial charge in [-0.3, -0.25) is 4.79 Å². The summed E-state index contributed by atoms with van der Waals surface area (Å²) in [5.74, 6) is 0.866. The summed E-state index contributed by atoms with van der Waals surface area (Å²) in [5.41, 5.74) is 1.18. The van der Waals surface area contributed by atoms with Crippen LogP contribution in [0.2, 0.25) is 0 Å². The van der Waals surface area contributed by atoms with Crippen LogP contribution < -0.4 is 0 Å². The van der Waals surface area contributed by atoms with Crippen molar-refractivity contribution in [3.63, 3.8) is 0 Å². The van der Waals surface area contributed by atoms with Gasteiger partial charge in [-0.15, -0.1) is 0 Å². The molecule has 0 N–H and O–H groups in total. The van der Waals surface area contributed by atoms with E-state index >= 15 is 0 Å². The SMILES string of the molecule is Cc1cn(C(C)(C(=O)N2CCC(C)CC2)c2ccccc2)cn1. The minimum absolute atomic E-state index is 0.160. The van der Waals surface area contributed by atoms with Crippen LogP contribution >= 0.6 is 0 Å². The Hall–Kier alpha value is -2.10. The molecule has 0 bridgehead atoms. The Bertz CT molecular complexity index is 671. The summed E-state index contributed by atoms with van der Waals surface area (Å²) in [4.78, 5) is 19.8. The molecule has 1 aromatic heterocycles. The average Bonchev–Trinajstić information content (AvgIpc) is 3.02. The Morgan fingerprint density at radius 1 is 1.22 bits per heavy atom. The Labute approximate surface area is 138 Å². The van der Waals surface area contributed by atoms with E-state index in [1.54, 1.807) is 6.33 Å². The van der Waals surface area contributed by atoms with E-state index in [1.807, 2.05) is 59.8 Å². The second-order valence-corrected chi connectivity index (χ2v) is 6.84. The van der Waals surface area contributed by atoms with Gasteiger partial charge in [0.15, 0.2) is 0 Å². The smallest absolute Gasteiger partial charge is 0.253 e. The van der Waals surface area contributed by atoms with Gasteiger partial charge in [-0.1, -0.05) is 37.3 Å². The van der Waals surface area contributed by atoms with Crippen LogP contribution in [0.3, 0.4) is 0 Å². The van der Waals surface area contributed by atoms with Gasteiger partial charge in [-0.2, -0.15) is 0 Å². The number of nitrogens with zero attached hydrogens (tertiary/aromatic N) is 3. The lowest BCUT2D eigenvalue weighted by molar-refractivity contribution is -0.139. The van der Waals surface area contributed by atoms with Crippen LogP contribution in [0.5, 0.6) is 0 Å². The van der Waals surface area contributed by atoms with Gasteiger partial charge in [0.2, 0.25) is 0 Å². The first-order chi connectivity index (χ1) is 11.0. The van der Waals surface area contributed by atoms with Crippen molar-refractivity contribution in [2.24, 2.45) is 5.92 Å². The van der Waals surface area contributed by atoms with Crippen molar-refractivity contribution >= 4 is 5.91 Å². The van der Waals surface area contributed by atoms with Crippen molar-refractivity contribution in [1.29, 1.82) is 0 Å². The van der Waals surface area contributed by atoms with Crippen molar-refractivity contribution < 1.29 is 4.79 Å². The van der Waals surface area contributed by atoms with Gasteiger partial charge >= 0.3 is 0 Å². The summed E-state index contributed by atoms with van der Waals surface area (Å²) in [7, 11) is 0. The maximum absolute atomic E-state index is 13.4. The van der Waals surface area contributed by atoms with Crippen molar-refractivity contribution in [1.82, 2.24) is 14.5 Å². The van der Waals surface area contributed by atoms with Crippen LogP contribution in [0, 0.1) is 12.8 Å². The standard InChI is InChI=1S/C19H25N3O/c1-15-9-11-21(12-10-15)18(23)19(3,17-7-5-4-6-8-17)22-13-16(2)20-14-22/h4-8,13-15H,9-12H2,1-3H3. The van der Waals surface area contributed by atoms with Crippen LogP contribution in [-0.4, -0.2) is 33.4 Å². The third-order valence-corrected chi connectivity index (χ3v) is 5.05. The highest BCUT2D eigenvalue weighted by atomic mass is 16.2. The molecule has 0 spiro atoms. The first-order valence-electron chi connectivity index (χ1n) is 8.38. The number of imidazole rings is 1. The van der Waals surface area contributed by atoms with Gasteiger partial charge in [-0.25, -0.2) is 4.98 Å². The van der Waals surface area contributed by atoms with Crippen molar-refractivity contribution in [3.8, 4) is 0 Å². The van der Waals surface area contributed by atoms with Crippen LogP contribution in [-0.2, 0) is 10.3 Å². The number of aromatic nitrogens is 2. The molecule has 0 radical (unpaired) electrons. The average molecular weight is 311 g/mol. The molecule has 23 heavy (non-hydrogen) atoms. The monoisotopic (exact) mass is 311 g/mol. The molecule has 1 saturated heterocycles. The van der Waals surface area contributed by atoms with E-state index in [-0.39, 0.29) is 5.91 Å². The molecule has 1 aromatic carbocycles. The Morgan fingerprint density at radius 2 is 1.87 bits per heavy atom. The molecular formula is C19H25N3O. The molecule has 1 aliphatic heterocycles. The van der Waals surface area contributed by atoms with Gasteiger partial charge in [0.1, 0.15) is 5.54 Å². The topological polar surface area (TPSA) is 38.1 Å². The number of hydrogen-bond donors (Lipinski definition) is 0. The normalized spacial score (nSPS) is 18.7. The van der Waals surface area contributed by atoms with Crippen molar-refractivity contribution in [2.75, 3.05) is 13.1 Å². The number of carbonyl (C=O) groups excluding carboxylic acids is 1. The summed E-state index contributed by atoms with van der Waals surface area (Å²) in [6.45, 7) is 7.91. The third kappa shape index (κ3) is 2.90. The largest absolute Gasteiger partial charge is 0.340 e. The zero-order valence-electron chi connectivity index (χ0n) is 14.2. The summed E-state index contributed by atoms with van der Waals surface area (Å²) in [6.07, 6.45) is 5.89. The number of hydrogen-bond acceptors (Lipinski definition) is 2. The highest BCUT2D eigenvalue weighted by Crippen LogP contribution is 2.30. The molecule has 1 amide bonds. The fourth-order valence-electron chi connectivity index (χ4n) is 3.33. The van der Waals surface area contributed by atoms with E-state index in [0.717, 1.165) is 37.2 Å². The number of likely N-dealkylation sites (tertiary alicyclic amines) is 1. The van der Waals surface area contributed by atoms with Gasteiger partial charge in [0.25, 0.3) is 5.91 Å². The summed E-state index contributed by atoms with van der Waals surface area (Å²) in [6, 6.07) is 10.0.